The quantitative estimate of drug-likeness (QED) is 0.589. The molecule has 0 atom stereocenters. The fraction of sp³-hybridized carbons (Fsp3) is 0.286. The van der Waals surface area contributed by atoms with Crippen LogP contribution in [0.4, 0.5) is 11.4 Å². The van der Waals surface area contributed by atoms with Crippen LogP contribution in [0.25, 0.3) is 11.3 Å². The fourth-order valence-electron chi connectivity index (χ4n) is 3.70. The van der Waals surface area contributed by atoms with Gasteiger partial charge in [-0.1, -0.05) is 30.3 Å². The van der Waals surface area contributed by atoms with Gasteiger partial charge in [0, 0.05) is 17.3 Å². The van der Waals surface area contributed by atoms with Crippen molar-refractivity contribution in [1.29, 1.82) is 0 Å². The first kappa shape index (κ1) is 16.7. The zero-order valence-corrected chi connectivity index (χ0v) is 15.0. The van der Waals surface area contributed by atoms with Crippen molar-refractivity contribution in [3.8, 4) is 0 Å². The predicted molar refractivity (Wildman–Crippen MR) is 106 cm³/mol. The standard InChI is InChI=1S/C21H24N4O/c1-25-11-9-16(10-12-25)23-20(14-5-3-2-4-6-14)19-17-8-7-15(22)13-18(17)24-21(19)26/h2-8,13,16,23H,9-12,22H2,1H3,(H,24,26)/b20-19-. The average molecular weight is 348 g/mol. The van der Waals surface area contributed by atoms with Gasteiger partial charge in [0.15, 0.2) is 0 Å². The SMILES string of the molecule is CN1CCC(N/C(=C2\C(=O)Nc3cc(N)ccc32)c2ccccc2)CC1. The first-order valence-corrected chi connectivity index (χ1v) is 9.08. The van der Waals surface area contributed by atoms with Gasteiger partial charge in [-0.3, -0.25) is 4.79 Å². The minimum atomic E-state index is -0.0788. The lowest BCUT2D eigenvalue weighted by molar-refractivity contribution is -0.110. The molecule has 1 saturated heterocycles. The Kier molecular flexibility index (Phi) is 4.39. The lowest BCUT2D eigenvalue weighted by atomic mass is 9.97. The Balaban J connectivity index is 1.78. The molecule has 2 aromatic rings. The molecule has 0 spiro atoms. The van der Waals surface area contributed by atoms with Crippen molar-refractivity contribution in [2.24, 2.45) is 0 Å². The molecule has 2 heterocycles. The maximum Gasteiger partial charge on any atom is 0.258 e. The van der Waals surface area contributed by atoms with Gasteiger partial charge in [-0.05, 0) is 56.7 Å². The van der Waals surface area contributed by atoms with Gasteiger partial charge in [-0.2, -0.15) is 0 Å². The Morgan fingerprint density at radius 1 is 1.15 bits per heavy atom. The van der Waals surface area contributed by atoms with Crippen LogP contribution in [0.3, 0.4) is 0 Å². The van der Waals surface area contributed by atoms with Crippen LogP contribution >= 0.6 is 0 Å². The number of amides is 1. The molecule has 0 saturated carbocycles. The first-order chi connectivity index (χ1) is 12.6. The van der Waals surface area contributed by atoms with Gasteiger partial charge in [0.25, 0.3) is 5.91 Å². The number of anilines is 2. The number of benzene rings is 2. The Labute approximate surface area is 153 Å². The van der Waals surface area contributed by atoms with Gasteiger partial charge in [0.2, 0.25) is 0 Å². The summed E-state index contributed by atoms with van der Waals surface area (Å²) < 4.78 is 0. The smallest absolute Gasteiger partial charge is 0.258 e. The molecule has 2 aliphatic heterocycles. The lowest BCUT2D eigenvalue weighted by Gasteiger charge is -2.31. The number of nitrogen functional groups attached to an aromatic ring is 1. The van der Waals surface area contributed by atoms with Gasteiger partial charge in [-0.25, -0.2) is 0 Å². The van der Waals surface area contributed by atoms with Gasteiger partial charge >= 0.3 is 0 Å². The molecule has 4 rings (SSSR count). The molecule has 26 heavy (non-hydrogen) atoms. The van der Waals surface area contributed by atoms with E-state index in [9.17, 15) is 4.79 Å². The molecule has 134 valence electrons. The number of carbonyl (C=O) groups is 1. The number of piperidine rings is 1. The average Bonchev–Trinajstić information content (AvgIpc) is 2.97. The third-order valence-electron chi connectivity index (χ3n) is 5.17. The van der Waals surface area contributed by atoms with Gasteiger partial charge in [-0.15, -0.1) is 0 Å². The number of likely N-dealkylation sites (tertiary alicyclic amines) is 1. The highest BCUT2D eigenvalue weighted by atomic mass is 16.2. The predicted octanol–water partition coefficient (Wildman–Crippen LogP) is 2.77. The highest BCUT2D eigenvalue weighted by molar-refractivity contribution is 6.36. The van der Waals surface area contributed by atoms with Crippen LogP contribution in [0.2, 0.25) is 0 Å². The molecular formula is C21H24N4O. The Hall–Kier alpha value is -2.79. The maximum atomic E-state index is 12.8. The zero-order valence-electron chi connectivity index (χ0n) is 15.0. The summed E-state index contributed by atoms with van der Waals surface area (Å²) in [5.74, 6) is -0.0788. The summed E-state index contributed by atoms with van der Waals surface area (Å²) in [5, 5.41) is 6.64. The largest absolute Gasteiger partial charge is 0.399 e. The number of hydrogen-bond acceptors (Lipinski definition) is 4. The highest BCUT2D eigenvalue weighted by Gasteiger charge is 2.29. The molecule has 0 bridgehead atoms. The van der Waals surface area contributed by atoms with E-state index in [2.05, 4.69) is 22.6 Å². The number of rotatable bonds is 3. The van der Waals surface area contributed by atoms with E-state index < -0.39 is 0 Å². The van der Waals surface area contributed by atoms with Crippen molar-refractivity contribution in [3.63, 3.8) is 0 Å². The molecule has 0 radical (unpaired) electrons. The Morgan fingerprint density at radius 2 is 1.88 bits per heavy atom. The number of nitrogens with one attached hydrogen (secondary N) is 2. The third kappa shape index (κ3) is 3.18. The van der Waals surface area contributed by atoms with E-state index in [1.807, 2.05) is 48.5 Å². The van der Waals surface area contributed by atoms with Crippen LogP contribution in [0.15, 0.2) is 48.5 Å². The van der Waals surface area contributed by atoms with Crippen molar-refractivity contribution in [3.05, 3.63) is 59.7 Å². The van der Waals surface area contributed by atoms with E-state index >= 15 is 0 Å². The van der Waals surface area contributed by atoms with Crippen LogP contribution in [0.5, 0.6) is 0 Å². The monoisotopic (exact) mass is 348 g/mol. The van der Waals surface area contributed by atoms with Gasteiger partial charge < -0.3 is 21.3 Å². The Bertz CT molecular complexity index is 852. The van der Waals surface area contributed by atoms with E-state index in [-0.39, 0.29) is 5.91 Å². The molecule has 4 N–H and O–H groups in total. The lowest BCUT2D eigenvalue weighted by Crippen LogP contribution is -2.40. The second-order valence-corrected chi connectivity index (χ2v) is 7.10. The summed E-state index contributed by atoms with van der Waals surface area (Å²) in [6, 6.07) is 16.0. The Morgan fingerprint density at radius 3 is 2.62 bits per heavy atom. The number of hydrogen-bond donors (Lipinski definition) is 3. The minimum absolute atomic E-state index is 0.0788. The molecule has 0 unspecified atom stereocenters. The van der Waals surface area contributed by atoms with Crippen LogP contribution in [0, 0.1) is 0 Å². The van der Waals surface area contributed by atoms with Crippen molar-refractivity contribution in [1.82, 2.24) is 10.2 Å². The van der Waals surface area contributed by atoms with Crippen molar-refractivity contribution in [2.75, 3.05) is 31.2 Å². The molecule has 2 aromatic carbocycles. The van der Waals surface area contributed by atoms with Crippen LogP contribution in [-0.4, -0.2) is 37.0 Å². The zero-order chi connectivity index (χ0) is 18.1. The summed E-state index contributed by atoms with van der Waals surface area (Å²) in [5.41, 5.74) is 10.9. The van der Waals surface area contributed by atoms with E-state index in [1.54, 1.807) is 0 Å². The molecule has 0 aliphatic carbocycles. The molecular weight excluding hydrogens is 324 g/mol. The molecule has 2 aliphatic rings. The van der Waals surface area contributed by atoms with Crippen LogP contribution < -0.4 is 16.4 Å². The van der Waals surface area contributed by atoms with Crippen molar-refractivity contribution < 1.29 is 4.79 Å². The van der Waals surface area contributed by atoms with Crippen LogP contribution in [-0.2, 0) is 4.79 Å². The first-order valence-electron chi connectivity index (χ1n) is 9.08. The van der Waals surface area contributed by atoms with Gasteiger partial charge in [0.1, 0.15) is 0 Å². The maximum absolute atomic E-state index is 12.8. The van der Waals surface area contributed by atoms with E-state index in [1.165, 1.54) is 0 Å². The normalized spacial score (nSPS) is 19.8. The van der Waals surface area contributed by atoms with E-state index in [0.717, 1.165) is 48.4 Å². The number of nitrogens with two attached hydrogens (primary N) is 1. The summed E-state index contributed by atoms with van der Waals surface area (Å²) in [6.07, 6.45) is 2.13. The summed E-state index contributed by atoms with van der Waals surface area (Å²) >= 11 is 0. The summed E-state index contributed by atoms with van der Waals surface area (Å²) in [4.78, 5) is 15.1. The topological polar surface area (TPSA) is 70.4 Å². The van der Waals surface area contributed by atoms with Gasteiger partial charge in [0.05, 0.1) is 17.0 Å². The van der Waals surface area contributed by atoms with Crippen LogP contribution in [0.1, 0.15) is 24.0 Å². The molecule has 5 nitrogen and oxygen atoms in total. The minimum Gasteiger partial charge on any atom is -0.399 e. The molecule has 0 aromatic heterocycles. The molecule has 1 fully saturated rings. The van der Waals surface area contributed by atoms with Crippen molar-refractivity contribution >= 4 is 28.6 Å². The van der Waals surface area contributed by atoms with Crippen molar-refractivity contribution in [2.45, 2.75) is 18.9 Å². The second kappa shape index (κ2) is 6.84. The molecule has 1 amide bonds. The second-order valence-electron chi connectivity index (χ2n) is 7.10. The number of fused-ring (bicyclic) bond motifs is 1. The fourth-order valence-corrected chi connectivity index (χ4v) is 3.70. The third-order valence-corrected chi connectivity index (χ3v) is 5.17. The van der Waals surface area contributed by atoms with E-state index in [0.29, 0.717) is 17.3 Å². The molecule has 5 heteroatoms. The number of nitrogens with zero attached hydrogens (tertiary/aromatic N) is 1. The number of carbonyl (C=O) groups excluding carboxylic acids is 1. The summed E-state index contributed by atoms with van der Waals surface area (Å²) in [6.45, 7) is 2.13. The highest BCUT2D eigenvalue weighted by Crippen LogP contribution is 2.37. The summed E-state index contributed by atoms with van der Waals surface area (Å²) in [7, 11) is 2.15. The van der Waals surface area contributed by atoms with E-state index in [4.69, 9.17) is 5.73 Å².